The minimum absolute atomic E-state index is 0.652. The van der Waals surface area contributed by atoms with Crippen LogP contribution >= 0.6 is 12.6 Å². The maximum atomic E-state index is 4.44. The van der Waals surface area contributed by atoms with E-state index in [1.807, 2.05) is 12.3 Å². The summed E-state index contributed by atoms with van der Waals surface area (Å²) in [5.41, 5.74) is 1.14. The Morgan fingerprint density at radius 2 is 2.23 bits per heavy atom. The quantitative estimate of drug-likeness (QED) is 0.747. The molecular weight excluding hydrogens is 180 g/mol. The molecule has 0 aliphatic heterocycles. The van der Waals surface area contributed by atoms with Gasteiger partial charge in [0.2, 0.25) is 0 Å². The van der Waals surface area contributed by atoms with Gasteiger partial charge in [-0.3, -0.25) is 0 Å². The summed E-state index contributed by atoms with van der Waals surface area (Å²) >= 11 is 4.16. The average molecular weight is 196 g/mol. The molecule has 0 amide bonds. The Morgan fingerprint density at radius 1 is 1.46 bits per heavy atom. The number of thiol groups is 1. The van der Waals surface area contributed by atoms with Crippen molar-refractivity contribution in [3.05, 3.63) is 23.8 Å². The zero-order valence-corrected chi connectivity index (χ0v) is 9.09. The van der Waals surface area contributed by atoms with Gasteiger partial charge < -0.3 is 0 Å². The second-order valence-corrected chi connectivity index (χ2v) is 3.98. The predicted octanol–water partition coefficient (Wildman–Crippen LogP) is 2.15. The highest BCUT2D eigenvalue weighted by molar-refractivity contribution is 7.80. The first-order valence-electron chi connectivity index (χ1n) is 4.64. The smallest absolute Gasteiger partial charge is 0.129 e. The second-order valence-electron chi connectivity index (χ2n) is 3.54. The first kappa shape index (κ1) is 10.5. The Balaban J connectivity index is 2.67. The standard InChI is InChI=1S/C10H16N2S/c1-8(2)7-9-3-5-11-10(12-9)4-6-13/h3,5,8,13H,4,6-7H2,1-2H3. The maximum absolute atomic E-state index is 4.44. The normalized spacial score (nSPS) is 10.8. The summed E-state index contributed by atoms with van der Waals surface area (Å²) in [5, 5.41) is 0. The van der Waals surface area contributed by atoms with Crippen LogP contribution in [0, 0.1) is 5.92 Å². The Hall–Kier alpha value is -0.570. The highest BCUT2D eigenvalue weighted by Crippen LogP contribution is 2.05. The number of rotatable bonds is 4. The van der Waals surface area contributed by atoms with E-state index < -0.39 is 0 Å². The fraction of sp³-hybridized carbons (Fsp3) is 0.600. The fourth-order valence-corrected chi connectivity index (χ4v) is 1.39. The summed E-state index contributed by atoms with van der Waals surface area (Å²) in [4.78, 5) is 8.62. The van der Waals surface area contributed by atoms with E-state index in [1.54, 1.807) is 0 Å². The Kier molecular flexibility index (Phi) is 4.22. The molecule has 0 aliphatic rings. The number of aromatic nitrogens is 2. The molecule has 3 heteroatoms. The fourth-order valence-electron chi connectivity index (χ4n) is 1.19. The second kappa shape index (κ2) is 5.22. The highest BCUT2D eigenvalue weighted by Gasteiger charge is 2.00. The lowest BCUT2D eigenvalue weighted by Gasteiger charge is -2.04. The molecule has 0 unspecified atom stereocenters. The van der Waals surface area contributed by atoms with Crippen molar-refractivity contribution in [1.82, 2.24) is 9.97 Å². The number of aryl methyl sites for hydroxylation is 1. The molecule has 1 rings (SSSR count). The van der Waals surface area contributed by atoms with Crippen molar-refractivity contribution < 1.29 is 0 Å². The summed E-state index contributed by atoms with van der Waals surface area (Å²) in [7, 11) is 0. The lowest BCUT2D eigenvalue weighted by Crippen LogP contribution is -2.02. The maximum Gasteiger partial charge on any atom is 0.129 e. The van der Waals surface area contributed by atoms with Crippen LogP contribution in [0.4, 0.5) is 0 Å². The molecule has 0 bridgehead atoms. The minimum atomic E-state index is 0.652. The van der Waals surface area contributed by atoms with E-state index in [9.17, 15) is 0 Å². The van der Waals surface area contributed by atoms with Crippen molar-refractivity contribution >= 4 is 12.6 Å². The SMILES string of the molecule is CC(C)Cc1ccnc(CCS)n1. The van der Waals surface area contributed by atoms with Crippen LogP contribution in [0.15, 0.2) is 12.3 Å². The van der Waals surface area contributed by atoms with Gasteiger partial charge in [0.25, 0.3) is 0 Å². The van der Waals surface area contributed by atoms with Gasteiger partial charge in [0.05, 0.1) is 0 Å². The third kappa shape index (κ3) is 3.77. The Bertz CT molecular complexity index is 261. The molecule has 1 heterocycles. The zero-order chi connectivity index (χ0) is 9.68. The number of hydrogen-bond donors (Lipinski definition) is 1. The van der Waals surface area contributed by atoms with E-state index >= 15 is 0 Å². The third-order valence-electron chi connectivity index (χ3n) is 1.72. The van der Waals surface area contributed by atoms with Gasteiger partial charge >= 0.3 is 0 Å². The predicted molar refractivity (Wildman–Crippen MR) is 58.1 cm³/mol. The van der Waals surface area contributed by atoms with E-state index in [2.05, 4.69) is 36.4 Å². The van der Waals surface area contributed by atoms with E-state index in [0.717, 1.165) is 30.1 Å². The molecule has 0 aromatic carbocycles. The largest absolute Gasteiger partial charge is 0.241 e. The van der Waals surface area contributed by atoms with Gasteiger partial charge in [-0.05, 0) is 24.2 Å². The Labute approximate surface area is 85.2 Å². The first-order chi connectivity index (χ1) is 6.22. The summed E-state index contributed by atoms with van der Waals surface area (Å²) in [6, 6.07) is 1.99. The van der Waals surface area contributed by atoms with Gasteiger partial charge in [0.15, 0.2) is 0 Å². The molecule has 2 nitrogen and oxygen atoms in total. The van der Waals surface area contributed by atoms with Gasteiger partial charge in [0.1, 0.15) is 5.82 Å². The third-order valence-corrected chi connectivity index (χ3v) is 1.94. The van der Waals surface area contributed by atoms with Gasteiger partial charge in [-0.25, -0.2) is 9.97 Å². The van der Waals surface area contributed by atoms with Crippen molar-refractivity contribution in [2.24, 2.45) is 5.92 Å². The lowest BCUT2D eigenvalue weighted by molar-refractivity contribution is 0.630. The summed E-state index contributed by atoms with van der Waals surface area (Å²) < 4.78 is 0. The molecule has 1 aromatic rings. The molecular formula is C10H16N2S. The molecule has 0 fully saturated rings. The summed E-state index contributed by atoms with van der Waals surface area (Å²) in [6.45, 7) is 4.39. The van der Waals surface area contributed by atoms with Crippen molar-refractivity contribution in [2.45, 2.75) is 26.7 Å². The van der Waals surface area contributed by atoms with Gasteiger partial charge in [-0.15, -0.1) is 0 Å². The van der Waals surface area contributed by atoms with E-state index in [0.29, 0.717) is 5.92 Å². The van der Waals surface area contributed by atoms with Crippen LogP contribution in [0.5, 0.6) is 0 Å². The molecule has 0 radical (unpaired) electrons. The summed E-state index contributed by atoms with van der Waals surface area (Å²) in [5.74, 6) is 2.37. The van der Waals surface area contributed by atoms with Crippen LogP contribution in [-0.4, -0.2) is 15.7 Å². The zero-order valence-electron chi connectivity index (χ0n) is 8.20. The highest BCUT2D eigenvalue weighted by atomic mass is 32.1. The van der Waals surface area contributed by atoms with Crippen molar-refractivity contribution in [3.63, 3.8) is 0 Å². The van der Waals surface area contributed by atoms with E-state index in [1.165, 1.54) is 0 Å². The molecule has 1 aromatic heterocycles. The van der Waals surface area contributed by atoms with Crippen LogP contribution in [-0.2, 0) is 12.8 Å². The molecule has 0 spiro atoms. The summed E-state index contributed by atoms with van der Waals surface area (Å²) in [6.07, 6.45) is 3.72. The Morgan fingerprint density at radius 3 is 2.85 bits per heavy atom. The number of nitrogens with zero attached hydrogens (tertiary/aromatic N) is 2. The molecule has 0 saturated heterocycles. The average Bonchev–Trinajstić information content (AvgIpc) is 2.04. The van der Waals surface area contributed by atoms with Crippen LogP contribution in [0.2, 0.25) is 0 Å². The van der Waals surface area contributed by atoms with Crippen molar-refractivity contribution in [1.29, 1.82) is 0 Å². The molecule has 13 heavy (non-hydrogen) atoms. The van der Waals surface area contributed by atoms with Crippen LogP contribution < -0.4 is 0 Å². The molecule has 0 atom stereocenters. The molecule has 0 N–H and O–H groups in total. The van der Waals surface area contributed by atoms with E-state index in [4.69, 9.17) is 0 Å². The molecule has 72 valence electrons. The van der Waals surface area contributed by atoms with Gasteiger partial charge in [0, 0.05) is 18.3 Å². The van der Waals surface area contributed by atoms with Crippen LogP contribution in [0.1, 0.15) is 25.4 Å². The van der Waals surface area contributed by atoms with E-state index in [-0.39, 0.29) is 0 Å². The van der Waals surface area contributed by atoms with Crippen LogP contribution in [0.25, 0.3) is 0 Å². The first-order valence-corrected chi connectivity index (χ1v) is 5.27. The topological polar surface area (TPSA) is 25.8 Å². The monoisotopic (exact) mass is 196 g/mol. The van der Waals surface area contributed by atoms with Gasteiger partial charge in [-0.1, -0.05) is 13.8 Å². The lowest BCUT2D eigenvalue weighted by atomic mass is 10.1. The molecule has 0 saturated carbocycles. The van der Waals surface area contributed by atoms with Crippen molar-refractivity contribution in [3.8, 4) is 0 Å². The number of hydrogen-bond acceptors (Lipinski definition) is 3. The molecule has 0 aliphatic carbocycles. The van der Waals surface area contributed by atoms with Gasteiger partial charge in [-0.2, -0.15) is 12.6 Å². The van der Waals surface area contributed by atoms with Crippen LogP contribution in [0.3, 0.4) is 0 Å². The van der Waals surface area contributed by atoms with Crippen molar-refractivity contribution in [2.75, 3.05) is 5.75 Å². The minimum Gasteiger partial charge on any atom is -0.241 e.